The van der Waals surface area contributed by atoms with E-state index in [2.05, 4.69) is 6.07 Å². The minimum absolute atomic E-state index is 0.149. The van der Waals surface area contributed by atoms with E-state index < -0.39 is 11.9 Å². The molecule has 1 fully saturated rings. The van der Waals surface area contributed by atoms with Gasteiger partial charge in [-0.3, -0.25) is 4.79 Å². The molecule has 0 aliphatic heterocycles. The molecule has 0 saturated heterocycles. The lowest BCUT2D eigenvalue weighted by atomic mass is 10.0. The third-order valence-corrected chi connectivity index (χ3v) is 4.61. The first-order chi connectivity index (χ1) is 9.28. The molecule has 20 heavy (non-hydrogen) atoms. The maximum Gasteiger partial charge on any atom is 0.307 e. The largest absolute Gasteiger partial charge is 0.481 e. The van der Waals surface area contributed by atoms with Crippen LogP contribution in [0.3, 0.4) is 0 Å². The molecule has 1 N–H and O–H groups in total. The summed E-state index contributed by atoms with van der Waals surface area (Å²) in [6, 6.07) is 7.04. The number of allylic oxidation sites excluding steroid dienone is 2. The molecule has 0 amide bonds. The third kappa shape index (κ3) is 2.54. The third-order valence-electron chi connectivity index (χ3n) is 3.87. The van der Waals surface area contributed by atoms with E-state index in [-0.39, 0.29) is 11.3 Å². The fraction of sp³-hybridized carbons (Fsp3) is 0.333. The predicted octanol–water partition coefficient (Wildman–Crippen LogP) is 4.26. The summed E-state index contributed by atoms with van der Waals surface area (Å²) in [5, 5.41) is 19.2. The number of carboxylic acid groups (broad SMARTS) is 1. The second-order valence-electron chi connectivity index (χ2n) is 5.48. The minimum Gasteiger partial charge on any atom is -0.481 e. The quantitative estimate of drug-likeness (QED) is 0.849. The van der Waals surface area contributed by atoms with Crippen LogP contribution in [0.15, 0.2) is 24.3 Å². The van der Waals surface area contributed by atoms with Gasteiger partial charge in [0.1, 0.15) is 0 Å². The minimum atomic E-state index is -0.831. The van der Waals surface area contributed by atoms with Gasteiger partial charge in [-0.2, -0.15) is 5.26 Å². The van der Waals surface area contributed by atoms with Gasteiger partial charge in [0.05, 0.1) is 27.6 Å². The number of carbonyl (C=O) groups is 1. The van der Waals surface area contributed by atoms with Crippen LogP contribution in [0.5, 0.6) is 0 Å². The molecule has 1 aliphatic rings. The molecule has 2 rings (SSSR count). The van der Waals surface area contributed by atoms with Crippen LogP contribution in [0.25, 0.3) is 5.57 Å². The number of benzene rings is 1. The van der Waals surface area contributed by atoms with E-state index in [1.807, 2.05) is 13.8 Å². The molecule has 3 nitrogen and oxygen atoms in total. The predicted molar refractivity (Wildman–Crippen MR) is 78.4 cm³/mol. The number of carboxylic acids is 1. The molecular formula is C15H13Cl2NO2. The molecule has 2 atom stereocenters. The second kappa shape index (κ2) is 5.12. The Morgan fingerprint density at radius 2 is 2.05 bits per heavy atom. The highest BCUT2D eigenvalue weighted by molar-refractivity contribution is 6.42. The fourth-order valence-corrected chi connectivity index (χ4v) is 2.80. The Morgan fingerprint density at radius 3 is 2.50 bits per heavy atom. The molecule has 104 valence electrons. The molecule has 1 aliphatic carbocycles. The van der Waals surface area contributed by atoms with Gasteiger partial charge in [-0.25, -0.2) is 0 Å². The SMILES string of the molecule is CC1(C)[C@@H](C=C(C#N)c2ccc(Cl)c(Cl)c2)[C@@H]1C(=O)O. The molecule has 1 aromatic rings. The van der Waals surface area contributed by atoms with Crippen LogP contribution in [0, 0.1) is 28.6 Å². The highest BCUT2D eigenvalue weighted by Gasteiger charge is 2.61. The molecule has 0 radical (unpaired) electrons. The maximum absolute atomic E-state index is 11.1. The zero-order valence-electron chi connectivity index (χ0n) is 11.0. The van der Waals surface area contributed by atoms with Gasteiger partial charge in [-0.15, -0.1) is 0 Å². The van der Waals surface area contributed by atoms with Crippen molar-refractivity contribution in [2.75, 3.05) is 0 Å². The standard InChI is InChI=1S/C15H13Cl2NO2/c1-15(2)10(13(15)14(19)20)5-9(7-18)8-3-4-11(16)12(17)6-8/h3-6,10,13H,1-2H3,(H,19,20)/t10-,13+/m0/s1. The van der Waals surface area contributed by atoms with Gasteiger partial charge < -0.3 is 5.11 Å². The topological polar surface area (TPSA) is 61.1 Å². The second-order valence-corrected chi connectivity index (χ2v) is 6.30. The van der Waals surface area contributed by atoms with Gasteiger partial charge in [0.25, 0.3) is 0 Å². The molecule has 1 aromatic carbocycles. The van der Waals surface area contributed by atoms with Crippen molar-refractivity contribution in [1.29, 1.82) is 5.26 Å². The highest BCUT2D eigenvalue weighted by atomic mass is 35.5. The van der Waals surface area contributed by atoms with E-state index in [1.54, 1.807) is 24.3 Å². The zero-order valence-corrected chi connectivity index (χ0v) is 12.5. The van der Waals surface area contributed by atoms with Crippen molar-refractivity contribution in [1.82, 2.24) is 0 Å². The van der Waals surface area contributed by atoms with Crippen LogP contribution >= 0.6 is 23.2 Å². The number of nitrogens with zero attached hydrogens (tertiary/aromatic N) is 1. The van der Waals surface area contributed by atoms with Crippen LogP contribution < -0.4 is 0 Å². The first-order valence-corrected chi connectivity index (χ1v) is 6.84. The summed E-state index contributed by atoms with van der Waals surface area (Å²) >= 11 is 11.8. The summed E-state index contributed by atoms with van der Waals surface area (Å²) in [6.45, 7) is 3.77. The van der Waals surface area contributed by atoms with Crippen molar-refractivity contribution >= 4 is 34.7 Å². The Balaban J connectivity index is 2.35. The van der Waals surface area contributed by atoms with Crippen molar-refractivity contribution < 1.29 is 9.90 Å². The first kappa shape index (κ1) is 14.9. The summed E-state index contributed by atoms with van der Waals surface area (Å²) in [5.74, 6) is -1.43. The normalized spacial score (nSPS) is 24.1. The fourth-order valence-electron chi connectivity index (χ4n) is 2.50. The average molecular weight is 310 g/mol. The van der Waals surface area contributed by atoms with Gasteiger partial charge >= 0.3 is 5.97 Å². The van der Waals surface area contributed by atoms with Gasteiger partial charge in [-0.1, -0.05) is 49.2 Å². The van der Waals surface area contributed by atoms with Crippen molar-refractivity contribution in [3.63, 3.8) is 0 Å². The van der Waals surface area contributed by atoms with Crippen LogP contribution in [0.2, 0.25) is 10.0 Å². The molecule has 1 saturated carbocycles. The van der Waals surface area contributed by atoms with Gasteiger partial charge in [0.15, 0.2) is 0 Å². The number of aliphatic carboxylic acids is 1. The van der Waals surface area contributed by atoms with E-state index in [4.69, 9.17) is 28.3 Å². The van der Waals surface area contributed by atoms with Crippen molar-refractivity contribution in [2.24, 2.45) is 17.3 Å². The Kier molecular flexibility index (Phi) is 3.82. The molecule has 0 bridgehead atoms. The Hall–Kier alpha value is -1.50. The highest BCUT2D eigenvalue weighted by Crippen LogP contribution is 2.59. The van der Waals surface area contributed by atoms with E-state index in [0.29, 0.717) is 21.2 Å². The monoisotopic (exact) mass is 309 g/mol. The first-order valence-electron chi connectivity index (χ1n) is 6.09. The summed E-state index contributed by atoms with van der Waals surface area (Å²) in [5.41, 5.74) is 0.739. The lowest BCUT2D eigenvalue weighted by molar-refractivity contribution is -0.139. The molecule has 0 heterocycles. The number of rotatable bonds is 3. The molecule has 0 aromatic heterocycles. The lowest BCUT2D eigenvalue weighted by Crippen LogP contribution is -2.03. The number of hydrogen-bond acceptors (Lipinski definition) is 2. The summed E-state index contributed by atoms with van der Waals surface area (Å²) in [4.78, 5) is 11.1. The maximum atomic E-state index is 11.1. The van der Waals surface area contributed by atoms with E-state index in [0.717, 1.165) is 0 Å². The van der Waals surface area contributed by atoms with Crippen molar-refractivity contribution in [3.8, 4) is 6.07 Å². The Labute approximate surface area is 127 Å². The average Bonchev–Trinajstić information content (AvgIpc) is 2.91. The van der Waals surface area contributed by atoms with Gasteiger partial charge in [-0.05, 0) is 29.0 Å². The summed E-state index contributed by atoms with van der Waals surface area (Å²) in [7, 11) is 0. The van der Waals surface area contributed by atoms with Crippen LogP contribution in [0.1, 0.15) is 19.4 Å². The van der Waals surface area contributed by atoms with Crippen LogP contribution in [-0.4, -0.2) is 11.1 Å². The zero-order chi connectivity index (χ0) is 15.1. The van der Waals surface area contributed by atoms with E-state index in [1.165, 1.54) is 0 Å². The van der Waals surface area contributed by atoms with Gasteiger partial charge in [0.2, 0.25) is 0 Å². The number of hydrogen-bond donors (Lipinski definition) is 1. The van der Waals surface area contributed by atoms with E-state index in [9.17, 15) is 10.1 Å². The molecule has 0 unspecified atom stereocenters. The van der Waals surface area contributed by atoms with Crippen molar-refractivity contribution in [3.05, 3.63) is 39.9 Å². The molecule has 0 spiro atoms. The van der Waals surface area contributed by atoms with Crippen LogP contribution in [-0.2, 0) is 4.79 Å². The van der Waals surface area contributed by atoms with Crippen molar-refractivity contribution in [2.45, 2.75) is 13.8 Å². The summed E-state index contributed by atoms with van der Waals surface area (Å²) in [6.07, 6.45) is 1.72. The number of halogens is 2. The summed E-state index contributed by atoms with van der Waals surface area (Å²) < 4.78 is 0. The number of nitriles is 1. The Morgan fingerprint density at radius 1 is 1.40 bits per heavy atom. The Bertz CT molecular complexity index is 644. The van der Waals surface area contributed by atoms with Crippen LogP contribution in [0.4, 0.5) is 0 Å². The van der Waals surface area contributed by atoms with Gasteiger partial charge in [0, 0.05) is 0 Å². The molecular weight excluding hydrogens is 297 g/mol. The van der Waals surface area contributed by atoms with E-state index >= 15 is 0 Å². The smallest absolute Gasteiger partial charge is 0.307 e. The molecule has 5 heteroatoms. The lowest BCUT2D eigenvalue weighted by Gasteiger charge is -2.02.